The number of hydrogen-bond acceptors (Lipinski definition) is 4. The molecule has 2 aromatic heterocycles. The lowest BCUT2D eigenvalue weighted by Crippen LogP contribution is -2.15. The fourth-order valence-electron chi connectivity index (χ4n) is 2.71. The Hall–Kier alpha value is -1.91. The van der Waals surface area contributed by atoms with Crippen molar-refractivity contribution in [1.82, 2.24) is 4.98 Å². The summed E-state index contributed by atoms with van der Waals surface area (Å²) in [6, 6.07) is 8.07. The molecule has 0 amide bonds. The van der Waals surface area contributed by atoms with E-state index in [1.807, 2.05) is 23.7 Å². The van der Waals surface area contributed by atoms with Crippen LogP contribution in [-0.2, 0) is 0 Å². The summed E-state index contributed by atoms with van der Waals surface area (Å²) in [5.41, 5.74) is 11.9. The molecule has 2 N–H and O–H groups in total. The molecule has 4 heteroatoms. The number of fused-ring (bicyclic) bond motifs is 1. The molecule has 2 heterocycles. The zero-order valence-electron chi connectivity index (χ0n) is 12.4. The fourth-order valence-corrected chi connectivity index (χ4v) is 3.49. The van der Waals surface area contributed by atoms with Crippen molar-refractivity contribution in [2.75, 3.05) is 7.11 Å². The zero-order chi connectivity index (χ0) is 15.0. The van der Waals surface area contributed by atoms with E-state index in [2.05, 4.69) is 31.0 Å². The molecule has 21 heavy (non-hydrogen) atoms. The first-order valence-electron chi connectivity index (χ1n) is 6.84. The molecule has 0 fully saturated rings. The highest BCUT2D eigenvalue weighted by Gasteiger charge is 2.18. The molecular formula is C17H18N2OS. The maximum atomic E-state index is 6.49. The average molecular weight is 298 g/mol. The van der Waals surface area contributed by atoms with E-state index in [9.17, 15) is 0 Å². The average Bonchev–Trinajstić information content (AvgIpc) is 2.93. The third kappa shape index (κ3) is 2.52. The van der Waals surface area contributed by atoms with E-state index >= 15 is 0 Å². The standard InChI is InChI=1S/C17H18N2OS/c1-10-6-11(2)16(14(7-10)20-3)17(18)12-8-15-13(19-9-12)4-5-21-15/h4-9,17H,18H2,1-3H3. The predicted octanol–water partition coefficient (Wildman–Crippen LogP) is 3.97. The zero-order valence-corrected chi connectivity index (χ0v) is 13.2. The molecule has 0 aliphatic carbocycles. The van der Waals surface area contributed by atoms with Crippen molar-refractivity contribution in [2.24, 2.45) is 5.73 Å². The summed E-state index contributed by atoms with van der Waals surface area (Å²) in [4.78, 5) is 4.48. The van der Waals surface area contributed by atoms with E-state index in [4.69, 9.17) is 10.5 Å². The third-order valence-corrected chi connectivity index (χ3v) is 4.56. The summed E-state index contributed by atoms with van der Waals surface area (Å²) >= 11 is 1.68. The third-order valence-electron chi connectivity index (χ3n) is 3.71. The van der Waals surface area contributed by atoms with Crippen LogP contribution in [-0.4, -0.2) is 12.1 Å². The van der Waals surface area contributed by atoms with Gasteiger partial charge in [0.15, 0.2) is 0 Å². The summed E-state index contributed by atoms with van der Waals surface area (Å²) in [6.45, 7) is 4.13. The van der Waals surface area contributed by atoms with Gasteiger partial charge in [0, 0.05) is 11.8 Å². The van der Waals surface area contributed by atoms with Gasteiger partial charge >= 0.3 is 0 Å². The summed E-state index contributed by atoms with van der Waals surface area (Å²) in [7, 11) is 1.69. The van der Waals surface area contributed by atoms with E-state index in [1.54, 1.807) is 18.4 Å². The molecule has 1 unspecified atom stereocenters. The SMILES string of the molecule is COc1cc(C)cc(C)c1C(N)c1cnc2ccsc2c1. The van der Waals surface area contributed by atoms with Crippen LogP contribution in [0.3, 0.4) is 0 Å². The largest absolute Gasteiger partial charge is 0.496 e. The lowest BCUT2D eigenvalue weighted by molar-refractivity contribution is 0.407. The number of ether oxygens (including phenoxy) is 1. The Bertz CT molecular complexity index is 795. The Morgan fingerprint density at radius 3 is 2.81 bits per heavy atom. The van der Waals surface area contributed by atoms with Crippen LogP contribution in [0.15, 0.2) is 35.8 Å². The molecule has 0 aliphatic heterocycles. The van der Waals surface area contributed by atoms with E-state index in [-0.39, 0.29) is 6.04 Å². The second-order valence-electron chi connectivity index (χ2n) is 5.25. The monoisotopic (exact) mass is 298 g/mol. The molecule has 0 aliphatic rings. The van der Waals surface area contributed by atoms with E-state index in [0.29, 0.717) is 0 Å². The molecule has 3 rings (SSSR count). The van der Waals surface area contributed by atoms with Gasteiger partial charge in [0.1, 0.15) is 5.75 Å². The van der Waals surface area contributed by atoms with Gasteiger partial charge in [-0.25, -0.2) is 0 Å². The fraction of sp³-hybridized carbons (Fsp3) is 0.235. The number of nitrogens with two attached hydrogens (primary N) is 1. The van der Waals surface area contributed by atoms with Gasteiger partial charge in [0.2, 0.25) is 0 Å². The first-order valence-corrected chi connectivity index (χ1v) is 7.72. The second kappa shape index (κ2) is 5.47. The number of thiophene rings is 1. The number of benzene rings is 1. The van der Waals surface area contributed by atoms with Gasteiger partial charge < -0.3 is 10.5 Å². The number of rotatable bonds is 3. The maximum Gasteiger partial charge on any atom is 0.124 e. The van der Waals surface area contributed by atoms with Crippen LogP contribution in [0.25, 0.3) is 10.2 Å². The number of methoxy groups -OCH3 is 1. The quantitative estimate of drug-likeness (QED) is 0.796. The van der Waals surface area contributed by atoms with Crippen LogP contribution < -0.4 is 10.5 Å². The lowest BCUT2D eigenvalue weighted by atomic mass is 9.94. The topological polar surface area (TPSA) is 48.1 Å². The molecular weight excluding hydrogens is 280 g/mol. The van der Waals surface area contributed by atoms with Gasteiger partial charge in [-0.2, -0.15) is 0 Å². The number of pyridine rings is 1. The van der Waals surface area contributed by atoms with Gasteiger partial charge in [0.25, 0.3) is 0 Å². The van der Waals surface area contributed by atoms with Crippen molar-refractivity contribution in [3.8, 4) is 5.75 Å². The molecule has 3 aromatic rings. The number of aryl methyl sites for hydroxylation is 2. The Kier molecular flexibility index (Phi) is 3.66. The van der Waals surface area contributed by atoms with Crippen molar-refractivity contribution in [2.45, 2.75) is 19.9 Å². The van der Waals surface area contributed by atoms with E-state index in [1.165, 1.54) is 5.56 Å². The first kappa shape index (κ1) is 14.0. The molecule has 3 nitrogen and oxygen atoms in total. The van der Waals surface area contributed by atoms with Crippen molar-refractivity contribution in [3.05, 3.63) is 58.1 Å². The van der Waals surface area contributed by atoms with Crippen LogP contribution in [0, 0.1) is 13.8 Å². The highest BCUT2D eigenvalue weighted by Crippen LogP contribution is 2.33. The van der Waals surface area contributed by atoms with E-state index < -0.39 is 0 Å². The molecule has 108 valence electrons. The predicted molar refractivity (Wildman–Crippen MR) is 88.1 cm³/mol. The molecule has 1 atom stereocenters. The molecule has 0 radical (unpaired) electrons. The van der Waals surface area contributed by atoms with Gasteiger partial charge in [0.05, 0.1) is 23.4 Å². The van der Waals surface area contributed by atoms with Crippen molar-refractivity contribution < 1.29 is 4.74 Å². The lowest BCUT2D eigenvalue weighted by Gasteiger charge is -2.19. The molecule has 0 saturated carbocycles. The number of nitrogens with zero attached hydrogens (tertiary/aromatic N) is 1. The van der Waals surface area contributed by atoms with Crippen molar-refractivity contribution in [1.29, 1.82) is 0 Å². The van der Waals surface area contributed by atoms with Gasteiger partial charge in [-0.15, -0.1) is 11.3 Å². The minimum Gasteiger partial charge on any atom is -0.496 e. The minimum atomic E-state index is -0.237. The molecule has 0 bridgehead atoms. The summed E-state index contributed by atoms with van der Waals surface area (Å²) in [5, 5.41) is 2.05. The van der Waals surface area contributed by atoms with Crippen LogP contribution in [0.4, 0.5) is 0 Å². The maximum absolute atomic E-state index is 6.49. The summed E-state index contributed by atoms with van der Waals surface area (Å²) < 4.78 is 6.68. The van der Waals surface area contributed by atoms with Crippen LogP contribution >= 0.6 is 11.3 Å². The normalized spacial score (nSPS) is 12.6. The Balaban J connectivity index is 2.10. The molecule has 1 aromatic carbocycles. The second-order valence-corrected chi connectivity index (χ2v) is 6.20. The van der Waals surface area contributed by atoms with Crippen LogP contribution in [0.5, 0.6) is 5.75 Å². The van der Waals surface area contributed by atoms with Crippen LogP contribution in [0.2, 0.25) is 0 Å². The number of hydrogen-bond donors (Lipinski definition) is 1. The Morgan fingerprint density at radius 2 is 2.05 bits per heavy atom. The summed E-state index contributed by atoms with van der Waals surface area (Å²) in [6.07, 6.45) is 1.86. The summed E-state index contributed by atoms with van der Waals surface area (Å²) in [5.74, 6) is 0.839. The minimum absolute atomic E-state index is 0.237. The Morgan fingerprint density at radius 1 is 1.24 bits per heavy atom. The van der Waals surface area contributed by atoms with Crippen molar-refractivity contribution in [3.63, 3.8) is 0 Å². The van der Waals surface area contributed by atoms with Gasteiger partial charge in [-0.05, 0) is 54.1 Å². The van der Waals surface area contributed by atoms with Crippen molar-refractivity contribution >= 4 is 21.6 Å². The highest BCUT2D eigenvalue weighted by atomic mass is 32.1. The molecule has 0 spiro atoms. The number of aromatic nitrogens is 1. The highest BCUT2D eigenvalue weighted by molar-refractivity contribution is 7.17. The first-order chi connectivity index (χ1) is 10.1. The van der Waals surface area contributed by atoms with Gasteiger partial charge in [-0.1, -0.05) is 6.07 Å². The molecule has 0 saturated heterocycles. The smallest absolute Gasteiger partial charge is 0.124 e. The van der Waals surface area contributed by atoms with E-state index in [0.717, 1.165) is 32.7 Å². The van der Waals surface area contributed by atoms with Gasteiger partial charge in [-0.3, -0.25) is 4.98 Å². The van der Waals surface area contributed by atoms with Crippen LogP contribution in [0.1, 0.15) is 28.3 Å². The Labute approximate surface area is 128 Å².